The molecule has 38 heavy (non-hydrogen) atoms. The molecule has 1 aliphatic rings. The van der Waals surface area contributed by atoms with Crippen LogP contribution in [0.3, 0.4) is 0 Å². The van der Waals surface area contributed by atoms with Crippen LogP contribution >= 0.6 is 11.3 Å². The second kappa shape index (κ2) is 11.1. The summed E-state index contributed by atoms with van der Waals surface area (Å²) >= 11 is 1.23. The minimum atomic E-state index is -0.555. The van der Waals surface area contributed by atoms with Crippen molar-refractivity contribution in [3.8, 4) is 22.6 Å². The number of fused-ring (bicyclic) bond motifs is 3. The first-order chi connectivity index (χ1) is 18.5. The van der Waals surface area contributed by atoms with E-state index in [4.69, 9.17) is 18.6 Å². The Morgan fingerprint density at radius 1 is 1.03 bits per heavy atom. The molecule has 0 spiro atoms. The number of thiophene rings is 1. The second-order valence-electron chi connectivity index (χ2n) is 8.91. The van der Waals surface area contributed by atoms with Crippen LogP contribution < -0.4 is 20.4 Å². The van der Waals surface area contributed by atoms with Crippen molar-refractivity contribution in [1.82, 2.24) is 0 Å². The van der Waals surface area contributed by atoms with E-state index >= 15 is 0 Å². The predicted molar refractivity (Wildman–Crippen MR) is 146 cm³/mol. The second-order valence-corrected chi connectivity index (χ2v) is 9.79. The van der Waals surface area contributed by atoms with Gasteiger partial charge in [-0.05, 0) is 61.1 Å². The number of aryl methyl sites for hydroxylation is 1. The van der Waals surface area contributed by atoms with Crippen molar-refractivity contribution in [2.45, 2.75) is 32.6 Å². The maximum atomic E-state index is 12.7. The Hall–Kier alpha value is -4.11. The zero-order valence-electron chi connectivity index (χ0n) is 21.1. The van der Waals surface area contributed by atoms with Gasteiger partial charge in [-0.25, -0.2) is 9.59 Å². The highest BCUT2D eigenvalue weighted by Crippen LogP contribution is 2.37. The third-order valence-corrected chi connectivity index (χ3v) is 7.28. The number of nitrogens with one attached hydrogen (secondary N) is 1. The Morgan fingerprint density at radius 2 is 1.79 bits per heavy atom. The molecule has 2 aromatic heterocycles. The highest BCUT2D eigenvalue weighted by atomic mass is 32.1. The molecule has 0 radical (unpaired) electrons. The smallest absolute Gasteiger partial charge is 0.341 e. The van der Waals surface area contributed by atoms with Crippen LogP contribution in [-0.4, -0.2) is 32.2 Å². The molecule has 0 aliphatic heterocycles. The largest absolute Gasteiger partial charge is 0.494 e. The number of anilines is 1. The van der Waals surface area contributed by atoms with Gasteiger partial charge in [-0.15, -0.1) is 11.3 Å². The van der Waals surface area contributed by atoms with E-state index in [1.54, 1.807) is 17.5 Å². The van der Waals surface area contributed by atoms with E-state index in [-0.39, 0.29) is 17.8 Å². The van der Waals surface area contributed by atoms with Gasteiger partial charge in [0.1, 0.15) is 27.6 Å². The van der Waals surface area contributed by atoms with Crippen LogP contribution in [0.25, 0.3) is 22.1 Å². The molecule has 1 N–H and O–H groups in total. The summed E-state index contributed by atoms with van der Waals surface area (Å²) in [7, 11) is 1.30. The molecule has 0 unspecified atom stereocenters. The van der Waals surface area contributed by atoms with Crippen LogP contribution in [0.1, 0.15) is 41.3 Å². The quantitative estimate of drug-likeness (QED) is 0.220. The van der Waals surface area contributed by atoms with Crippen molar-refractivity contribution in [3.05, 3.63) is 75.0 Å². The summed E-state index contributed by atoms with van der Waals surface area (Å²) in [4.78, 5) is 37.6. The van der Waals surface area contributed by atoms with Crippen LogP contribution in [0, 0.1) is 0 Å². The fraction of sp³-hybridized carbons (Fsp3) is 0.276. The van der Waals surface area contributed by atoms with Crippen molar-refractivity contribution < 1.29 is 28.2 Å². The monoisotopic (exact) mass is 533 g/mol. The highest BCUT2D eigenvalue weighted by molar-refractivity contribution is 7.15. The summed E-state index contributed by atoms with van der Waals surface area (Å²) < 4.78 is 21.8. The maximum Gasteiger partial charge on any atom is 0.341 e. The van der Waals surface area contributed by atoms with Crippen LogP contribution in [-0.2, 0) is 22.4 Å². The minimum absolute atomic E-state index is 0.273. The fourth-order valence-corrected chi connectivity index (χ4v) is 5.56. The molecular formula is C29H27NO7S. The molecule has 9 heteroatoms. The van der Waals surface area contributed by atoms with Crippen LogP contribution in [0.2, 0.25) is 0 Å². The van der Waals surface area contributed by atoms with E-state index in [1.807, 2.05) is 37.3 Å². The van der Waals surface area contributed by atoms with Crippen LogP contribution in [0.4, 0.5) is 5.00 Å². The SMILES string of the molecule is CCCOc1ccc(-c2csc(NC(=O)COc3ccc4c5c(c(=O)oc4c3)CCC5)c2C(=O)OC)cc1. The Labute approximate surface area is 223 Å². The van der Waals surface area contributed by atoms with Gasteiger partial charge in [0.25, 0.3) is 5.91 Å². The van der Waals surface area contributed by atoms with Crippen molar-refractivity contribution in [2.24, 2.45) is 0 Å². The third-order valence-electron chi connectivity index (χ3n) is 6.39. The molecular weight excluding hydrogens is 506 g/mol. The molecule has 1 amide bonds. The molecule has 2 heterocycles. The number of ether oxygens (including phenoxy) is 3. The molecule has 2 aromatic carbocycles. The lowest BCUT2D eigenvalue weighted by Crippen LogP contribution is -2.21. The molecule has 0 bridgehead atoms. The summed E-state index contributed by atoms with van der Waals surface area (Å²) in [5.41, 5.74) is 3.64. The van der Waals surface area contributed by atoms with Gasteiger partial charge in [-0.1, -0.05) is 19.1 Å². The lowest BCUT2D eigenvalue weighted by Gasteiger charge is -2.10. The summed E-state index contributed by atoms with van der Waals surface area (Å²) in [5.74, 6) is 0.149. The number of benzene rings is 2. The third kappa shape index (κ3) is 5.15. The van der Waals surface area contributed by atoms with Crippen LogP contribution in [0.15, 0.2) is 57.1 Å². The highest BCUT2D eigenvalue weighted by Gasteiger charge is 2.23. The summed E-state index contributed by atoms with van der Waals surface area (Å²) in [6.07, 6.45) is 3.43. The fourth-order valence-electron chi connectivity index (χ4n) is 4.58. The van der Waals surface area contributed by atoms with Crippen LogP contribution in [0.5, 0.6) is 11.5 Å². The molecule has 196 valence electrons. The number of methoxy groups -OCH3 is 1. The summed E-state index contributed by atoms with van der Waals surface area (Å²) in [6, 6.07) is 12.6. The zero-order chi connectivity index (χ0) is 26.6. The van der Waals surface area contributed by atoms with Crippen molar-refractivity contribution in [2.75, 3.05) is 25.6 Å². The minimum Gasteiger partial charge on any atom is -0.494 e. The number of hydrogen-bond acceptors (Lipinski definition) is 8. The molecule has 8 nitrogen and oxygen atoms in total. The molecule has 0 saturated carbocycles. The van der Waals surface area contributed by atoms with Gasteiger partial charge in [0, 0.05) is 28.0 Å². The first kappa shape index (κ1) is 25.5. The normalized spacial score (nSPS) is 12.3. The Bertz CT molecular complexity index is 1550. The van der Waals surface area contributed by atoms with Gasteiger partial charge < -0.3 is 23.9 Å². The van der Waals surface area contributed by atoms with Gasteiger partial charge in [0.2, 0.25) is 0 Å². The molecule has 1 aliphatic carbocycles. The average molecular weight is 534 g/mol. The Morgan fingerprint density at radius 3 is 2.55 bits per heavy atom. The van der Waals surface area contributed by atoms with Crippen molar-refractivity contribution >= 4 is 39.2 Å². The van der Waals surface area contributed by atoms with E-state index in [2.05, 4.69) is 5.32 Å². The molecule has 4 aromatic rings. The van der Waals surface area contributed by atoms with Gasteiger partial charge in [-0.2, -0.15) is 0 Å². The number of hydrogen-bond donors (Lipinski definition) is 1. The summed E-state index contributed by atoms with van der Waals surface area (Å²) in [5, 5.41) is 5.82. The lowest BCUT2D eigenvalue weighted by molar-refractivity contribution is -0.118. The molecule has 0 fully saturated rings. The molecule has 5 rings (SSSR count). The predicted octanol–water partition coefficient (Wildman–Crippen LogP) is 5.60. The van der Waals surface area contributed by atoms with E-state index in [9.17, 15) is 14.4 Å². The number of rotatable bonds is 9. The standard InChI is InChI=1S/C29H27NO7S/c1-3-13-35-18-9-7-17(8-10-18)23-16-38-27(26(23)29(33)34-2)30-25(31)15-36-19-11-12-21-20-5-4-6-22(20)28(32)37-24(21)14-19/h7-12,14,16H,3-6,13,15H2,1-2H3,(H,30,31). The number of amides is 1. The average Bonchev–Trinajstić information content (AvgIpc) is 3.59. The molecule has 0 saturated heterocycles. The van der Waals surface area contributed by atoms with Gasteiger partial charge >= 0.3 is 11.6 Å². The van der Waals surface area contributed by atoms with E-state index in [0.717, 1.165) is 53.5 Å². The van der Waals surface area contributed by atoms with E-state index < -0.39 is 11.9 Å². The van der Waals surface area contributed by atoms with Gasteiger partial charge in [0.15, 0.2) is 6.61 Å². The topological polar surface area (TPSA) is 104 Å². The van der Waals surface area contributed by atoms with Crippen molar-refractivity contribution in [1.29, 1.82) is 0 Å². The Balaban J connectivity index is 1.30. The lowest BCUT2D eigenvalue weighted by atomic mass is 10.0. The number of carbonyl (C=O) groups is 2. The van der Waals surface area contributed by atoms with Crippen molar-refractivity contribution in [3.63, 3.8) is 0 Å². The van der Waals surface area contributed by atoms with E-state index in [1.165, 1.54) is 18.4 Å². The summed E-state index contributed by atoms with van der Waals surface area (Å²) in [6.45, 7) is 2.37. The van der Waals surface area contributed by atoms with E-state index in [0.29, 0.717) is 28.5 Å². The number of esters is 1. The first-order valence-electron chi connectivity index (χ1n) is 12.4. The molecule has 0 atom stereocenters. The Kier molecular flexibility index (Phi) is 7.46. The van der Waals surface area contributed by atoms with Gasteiger partial charge in [-0.3, -0.25) is 4.79 Å². The first-order valence-corrected chi connectivity index (χ1v) is 13.3. The van der Waals surface area contributed by atoms with Gasteiger partial charge in [0.05, 0.1) is 13.7 Å². The zero-order valence-corrected chi connectivity index (χ0v) is 21.9. The maximum absolute atomic E-state index is 12.7. The number of carbonyl (C=O) groups excluding carboxylic acids is 2.